The summed E-state index contributed by atoms with van der Waals surface area (Å²) < 4.78 is 30.9. The highest BCUT2D eigenvalue weighted by molar-refractivity contribution is 7.89. The summed E-state index contributed by atoms with van der Waals surface area (Å²) in [5, 5.41) is 14.8. The maximum Gasteiger partial charge on any atom is 0.258 e. The number of nitrogens with one attached hydrogen (secondary N) is 2. The van der Waals surface area contributed by atoms with Crippen LogP contribution in [0.1, 0.15) is 11.1 Å². The van der Waals surface area contributed by atoms with Crippen molar-refractivity contribution >= 4 is 10.0 Å². The number of hydrogen-bond donors (Lipinski definition) is 3. The molecule has 0 atom stereocenters. The Morgan fingerprint density at radius 2 is 2.35 bits per heavy atom. The van der Waals surface area contributed by atoms with Crippen LogP contribution in [0.25, 0.3) is 0 Å². The predicted octanol–water partition coefficient (Wildman–Crippen LogP) is -0.0265. The third-order valence-corrected chi connectivity index (χ3v) is 3.58. The molecule has 0 aromatic carbocycles. The first-order valence-electron chi connectivity index (χ1n) is 4.77. The van der Waals surface area contributed by atoms with E-state index in [1.54, 1.807) is 6.07 Å². The second-order valence-corrected chi connectivity index (χ2v) is 5.04. The molecule has 0 spiro atoms. The Balaban J connectivity index is 2.14. The number of aliphatic hydroxyl groups excluding tert-OH is 1. The summed E-state index contributed by atoms with van der Waals surface area (Å²) in [7, 11) is -3.71. The summed E-state index contributed by atoms with van der Waals surface area (Å²) in [6.07, 6.45) is 4.17. The van der Waals surface area contributed by atoms with E-state index in [4.69, 9.17) is 9.52 Å². The minimum absolute atomic E-state index is 0.114. The summed E-state index contributed by atoms with van der Waals surface area (Å²) in [5.41, 5.74) is 0.934. The van der Waals surface area contributed by atoms with Crippen molar-refractivity contribution in [2.24, 2.45) is 0 Å². The fourth-order valence-electron chi connectivity index (χ4n) is 1.29. The lowest BCUT2D eigenvalue weighted by Crippen LogP contribution is -2.24. The van der Waals surface area contributed by atoms with Gasteiger partial charge in [0.05, 0.1) is 25.3 Å². The number of aliphatic hydroxyl groups is 1. The van der Waals surface area contributed by atoms with E-state index in [0.29, 0.717) is 5.56 Å². The first-order chi connectivity index (χ1) is 8.13. The molecule has 2 aromatic rings. The minimum atomic E-state index is -3.71. The average molecular weight is 257 g/mol. The van der Waals surface area contributed by atoms with Crippen molar-refractivity contribution < 1.29 is 17.9 Å². The predicted molar refractivity (Wildman–Crippen MR) is 57.2 cm³/mol. The van der Waals surface area contributed by atoms with E-state index in [1.165, 1.54) is 18.7 Å². The maximum absolute atomic E-state index is 11.8. The Bertz CT molecular complexity index is 573. The molecule has 0 aliphatic heterocycles. The van der Waals surface area contributed by atoms with E-state index in [0.717, 1.165) is 0 Å². The lowest BCUT2D eigenvalue weighted by Gasteiger charge is -2.04. The Kier molecular flexibility index (Phi) is 3.27. The minimum Gasteiger partial charge on any atom is -0.472 e. The fraction of sp³-hybridized carbons (Fsp3) is 0.222. The van der Waals surface area contributed by atoms with Crippen LogP contribution in [0.2, 0.25) is 0 Å². The van der Waals surface area contributed by atoms with E-state index < -0.39 is 16.6 Å². The Labute approximate surface area is 97.5 Å². The van der Waals surface area contributed by atoms with Crippen LogP contribution in [0.4, 0.5) is 0 Å². The van der Waals surface area contributed by atoms with Gasteiger partial charge in [-0.15, -0.1) is 0 Å². The van der Waals surface area contributed by atoms with Crippen molar-refractivity contribution in [2.45, 2.75) is 18.2 Å². The zero-order chi connectivity index (χ0) is 12.3. The molecule has 0 aliphatic rings. The van der Waals surface area contributed by atoms with Crippen LogP contribution in [-0.4, -0.2) is 23.7 Å². The van der Waals surface area contributed by atoms with Crippen LogP contribution in [0, 0.1) is 0 Å². The van der Waals surface area contributed by atoms with Crippen molar-refractivity contribution in [1.29, 1.82) is 0 Å². The van der Waals surface area contributed by atoms with E-state index >= 15 is 0 Å². The van der Waals surface area contributed by atoms with Gasteiger partial charge in [0.25, 0.3) is 10.0 Å². The standard InChI is InChI=1S/C9H11N3O4S/c13-5-8-4-10-12-9(8)17(14,15)11-3-7-1-2-16-6-7/h1-2,4,6,11,13H,3,5H2,(H,10,12). The molecule has 0 amide bonds. The highest BCUT2D eigenvalue weighted by atomic mass is 32.2. The molecular weight excluding hydrogens is 246 g/mol. The van der Waals surface area contributed by atoms with Crippen LogP contribution in [-0.2, 0) is 23.2 Å². The zero-order valence-electron chi connectivity index (χ0n) is 8.75. The molecule has 7 nitrogen and oxygen atoms in total. The second-order valence-electron chi connectivity index (χ2n) is 3.34. The summed E-state index contributed by atoms with van der Waals surface area (Å²) in [5.74, 6) is 0. The monoisotopic (exact) mass is 257 g/mol. The smallest absolute Gasteiger partial charge is 0.258 e. The Hall–Kier alpha value is -1.64. The van der Waals surface area contributed by atoms with Crippen LogP contribution in [0.5, 0.6) is 0 Å². The van der Waals surface area contributed by atoms with Gasteiger partial charge in [-0.3, -0.25) is 5.10 Å². The van der Waals surface area contributed by atoms with Gasteiger partial charge in [-0.1, -0.05) is 0 Å². The summed E-state index contributed by atoms with van der Waals surface area (Å²) in [6.45, 7) is -0.277. The normalized spacial score (nSPS) is 11.8. The topological polar surface area (TPSA) is 108 Å². The third kappa shape index (κ3) is 2.54. The molecule has 92 valence electrons. The SMILES string of the molecule is O=S(=O)(NCc1ccoc1)c1[nH]ncc1CO. The van der Waals surface area contributed by atoms with Crippen LogP contribution >= 0.6 is 0 Å². The van der Waals surface area contributed by atoms with E-state index in [-0.39, 0.29) is 17.1 Å². The molecule has 0 saturated heterocycles. The summed E-state index contributed by atoms with van der Waals surface area (Å²) in [4.78, 5) is 0. The molecule has 2 heterocycles. The molecule has 0 saturated carbocycles. The highest BCUT2D eigenvalue weighted by Gasteiger charge is 2.20. The van der Waals surface area contributed by atoms with Crippen molar-refractivity contribution in [2.75, 3.05) is 0 Å². The van der Waals surface area contributed by atoms with Gasteiger partial charge in [0, 0.05) is 17.7 Å². The number of furan rings is 1. The van der Waals surface area contributed by atoms with E-state index in [1.807, 2.05) is 0 Å². The maximum atomic E-state index is 11.8. The molecule has 0 radical (unpaired) electrons. The van der Waals surface area contributed by atoms with Crippen molar-refractivity contribution in [3.63, 3.8) is 0 Å². The van der Waals surface area contributed by atoms with Crippen molar-refractivity contribution in [3.05, 3.63) is 35.9 Å². The van der Waals surface area contributed by atoms with Crippen molar-refractivity contribution in [3.8, 4) is 0 Å². The molecule has 17 heavy (non-hydrogen) atoms. The lowest BCUT2D eigenvalue weighted by molar-refractivity contribution is 0.278. The van der Waals surface area contributed by atoms with Gasteiger partial charge in [0.1, 0.15) is 0 Å². The van der Waals surface area contributed by atoms with Crippen LogP contribution < -0.4 is 4.72 Å². The van der Waals surface area contributed by atoms with E-state index in [9.17, 15) is 8.42 Å². The molecule has 0 bridgehead atoms. The molecule has 0 aliphatic carbocycles. The quantitative estimate of drug-likeness (QED) is 0.697. The molecule has 2 rings (SSSR count). The van der Waals surface area contributed by atoms with Crippen LogP contribution in [0.15, 0.2) is 34.2 Å². The zero-order valence-corrected chi connectivity index (χ0v) is 9.57. The van der Waals surface area contributed by atoms with Gasteiger partial charge in [-0.05, 0) is 6.07 Å². The van der Waals surface area contributed by atoms with Gasteiger partial charge in [-0.25, -0.2) is 13.1 Å². The first-order valence-corrected chi connectivity index (χ1v) is 6.25. The van der Waals surface area contributed by atoms with Crippen molar-refractivity contribution in [1.82, 2.24) is 14.9 Å². The van der Waals surface area contributed by atoms with Gasteiger partial charge >= 0.3 is 0 Å². The van der Waals surface area contributed by atoms with Crippen LogP contribution in [0.3, 0.4) is 0 Å². The number of nitrogens with zero attached hydrogens (tertiary/aromatic N) is 1. The molecule has 8 heteroatoms. The van der Waals surface area contributed by atoms with E-state index in [2.05, 4.69) is 14.9 Å². The number of sulfonamides is 1. The summed E-state index contributed by atoms with van der Waals surface area (Å²) in [6, 6.07) is 1.66. The van der Waals surface area contributed by atoms with Gasteiger partial charge in [0.2, 0.25) is 0 Å². The molecule has 2 aromatic heterocycles. The Morgan fingerprint density at radius 3 is 3.00 bits per heavy atom. The summed E-state index contributed by atoms with van der Waals surface area (Å²) >= 11 is 0. The lowest BCUT2D eigenvalue weighted by atomic mass is 10.4. The Morgan fingerprint density at radius 1 is 1.53 bits per heavy atom. The molecule has 0 unspecified atom stereocenters. The second kappa shape index (κ2) is 4.70. The largest absolute Gasteiger partial charge is 0.472 e. The van der Waals surface area contributed by atoms with Gasteiger partial charge in [0.15, 0.2) is 5.03 Å². The molecular formula is C9H11N3O4S. The fourth-order valence-corrected chi connectivity index (χ4v) is 2.42. The number of aromatic nitrogens is 2. The van der Waals surface area contributed by atoms with Gasteiger partial charge in [-0.2, -0.15) is 5.10 Å². The number of aromatic amines is 1. The number of H-pyrrole nitrogens is 1. The average Bonchev–Trinajstić information content (AvgIpc) is 2.97. The van der Waals surface area contributed by atoms with Gasteiger partial charge < -0.3 is 9.52 Å². The third-order valence-electron chi connectivity index (χ3n) is 2.16. The number of hydrogen-bond acceptors (Lipinski definition) is 5. The molecule has 3 N–H and O–H groups in total. The molecule has 0 fully saturated rings. The number of rotatable bonds is 5. The highest BCUT2D eigenvalue weighted by Crippen LogP contribution is 2.12. The first kappa shape index (κ1) is 11.8.